The van der Waals surface area contributed by atoms with Crippen molar-refractivity contribution in [2.45, 2.75) is 6.92 Å². The minimum absolute atomic E-state index is 0.224. The molecule has 3 rings (SSSR count). The van der Waals surface area contributed by atoms with E-state index in [2.05, 4.69) is 5.32 Å². The molecule has 5 heteroatoms. The lowest BCUT2D eigenvalue weighted by atomic mass is 10.1. The SMILES string of the molecule is CC(=O)Nc1ccc2occ(-c3ccc(F)cc3)c(=O)c2c1. The molecule has 0 aliphatic heterocycles. The predicted octanol–water partition coefficient (Wildman–Crippen LogP) is 3.56. The first kappa shape index (κ1) is 14.0. The molecule has 0 bridgehead atoms. The van der Waals surface area contributed by atoms with Crippen LogP contribution < -0.4 is 10.7 Å². The average molecular weight is 297 g/mol. The van der Waals surface area contributed by atoms with Crippen LogP contribution in [-0.2, 0) is 4.79 Å². The van der Waals surface area contributed by atoms with Crippen molar-refractivity contribution in [1.82, 2.24) is 0 Å². The summed E-state index contributed by atoms with van der Waals surface area (Å²) in [6, 6.07) is 10.5. The number of benzene rings is 2. The van der Waals surface area contributed by atoms with E-state index in [9.17, 15) is 14.0 Å². The fraction of sp³-hybridized carbons (Fsp3) is 0.0588. The summed E-state index contributed by atoms with van der Waals surface area (Å²) < 4.78 is 18.5. The van der Waals surface area contributed by atoms with Crippen molar-refractivity contribution in [3.8, 4) is 11.1 Å². The summed E-state index contributed by atoms with van der Waals surface area (Å²) in [7, 11) is 0. The van der Waals surface area contributed by atoms with E-state index >= 15 is 0 Å². The number of nitrogens with one attached hydrogen (secondary N) is 1. The topological polar surface area (TPSA) is 59.3 Å². The van der Waals surface area contributed by atoms with E-state index in [1.54, 1.807) is 18.2 Å². The maximum atomic E-state index is 13.0. The first-order valence-electron chi connectivity index (χ1n) is 6.64. The molecule has 0 atom stereocenters. The van der Waals surface area contributed by atoms with Gasteiger partial charge in [-0.05, 0) is 35.9 Å². The molecule has 1 aromatic heterocycles. The van der Waals surface area contributed by atoms with Crippen molar-refractivity contribution < 1.29 is 13.6 Å². The Labute approximate surface area is 125 Å². The second-order valence-corrected chi connectivity index (χ2v) is 4.88. The largest absolute Gasteiger partial charge is 0.463 e. The number of anilines is 1. The highest BCUT2D eigenvalue weighted by Crippen LogP contribution is 2.22. The molecule has 2 aromatic carbocycles. The second-order valence-electron chi connectivity index (χ2n) is 4.88. The molecule has 1 amide bonds. The van der Waals surface area contributed by atoms with Gasteiger partial charge in [-0.25, -0.2) is 4.39 Å². The fourth-order valence-electron chi connectivity index (χ4n) is 2.24. The van der Waals surface area contributed by atoms with Gasteiger partial charge in [0.15, 0.2) is 0 Å². The summed E-state index contributed by atoms with van der Waals surface area (Å²) in [5.74, 6) is -0.597. The molecule has 22 heavy (non-hydrogen) atoms. The summed E-state index contributed by atoms with van der Waals surface area (Å²) in [6.45, 7) is 1.39. The zero-order chi connectivity index (χ0) is 15.7. The normalized spacial score (nSPS) is 10.6. The molecule has 0 aliphatic carbocycles. The molecule has 0 unspecified atom stereocenters. The molecule has 0 aliphatic rings. The maximum absolute atomic E-state index is 13.0. The van der Waals surface area contributed by atoms with Crippen molar-refractivity contribution in [1.29, 1.82) is 0 Å². The lowest BCUT2D eigenvalue weighted by Gasteiger charge is -2.05. The molecule has 0 fully saturated rings. The monoisotopic (exact) mass is 297 g/mol. The van der Waals surface area contributed by atoms with Crippen molar-refractivity contribution >= 4 is 22.6 Å². The molecule has 1 N–H and O–H groups in total. The lowest BCUT2D eigenvalue weighted by molar-refractivity contribution is -0.114. The van der Waals surface area contributed by atoms with E-state index in [0.29, 0.717) is 27.8 Å². The van der Waals surface area contributed by atoms with Gasteiger partial charge in [0, 0.05) is 12.6 Å². The second kappa shape index (κ2) is 5.44. The molecule has 110 valence electrons. The number of carbonyl (C=O) groups excluding carboxylic acids is 1. The van der Waals surface area contributed by atoms with Crippen molar-refractivity contribution in [2.75, 3.05) is 5.32 Å². The molecule has 0 spiro atoms. The van der Waals surface area contributed by atoms with Crippen LogP contribution in [0.1, 0.15) is 6.92 Å². The fourth-order valence-corrected chi connectivity index (χ4v) is 2.24. The minimum Gasteiger partial charge on any atom is -0.463 e. The first-order valence-corrected chi connectivity index (χ1v) is 6.64. The van der Waals surface area contributed by atoms with Crippen molar-refractivity contribution in [3.63, 3.8) is 0 Å². The number of hydrogen-bond donors (Lipinski definition) is 1. The summed E-state index contributed by atoms with van der Waals surface area (Å²) in [5.41, 5.74) is 1.61. The van der Waals surface area contributed by atoms with Crippen molar-refractivity contribution in [3.05, 3.63) is 64.8 Å². The molecule has 0 saturated carbocycles. The third kappa shape index (κ3) is 2.61. The molecule has 0 radical (unpaired) electrons. The summed E-state index contributed by atoms with van der Waals surface area (Å²) in [6.07, 6.45) is 1.36. The third-order valence-electron chi connectivity index (χ3n) is 3.25. The van der Waals surface area contributed by atoms with E-state index in [4.69, 9.17) is 4.42 Å². The van der Waals surface area contributed by atoms with E-state index in [1.807, 2.05) is 0 Å². The van der Waals surface area contributed by atoms with Crippen LogP contribution in [0.4, 0.5) is 10.1 Å². The number of hydrogen-bond acceptors (Lipinski definition) is 3. The van der Waals surface area contributed by atoms with Crippen LogP contribution in [0.3, 0.4) is 0 Å². The molecule has 4 nitrogen and oxygen atoms in total. The summed E-state index contributed by atoms with van der Waals surface area (Å²) in [5, 5.41) is 2.98. The Morgan fingerprint density at radius 3 is 2.55 bits per heavy atom. The summed E-state index contributed by atoms with van der Waals surface area (Å²) >= 11 is 0. The zero-order valence-corrected chi connectivity index (χ0v) is 11.7. The quantitative estimate of drug-likeness (QED) is 0.786. The Bertz CT molecular complexity index is 913. The average Bonchev–Trinajstić information content (AvgIpc) is 2.49. The Morgan fingerprint density at radius 2 is 1.86 bits per heavy atom. The van der Waals surface area contributed by atoms with Crippen LogP contribution in [-0.4, -0.2) is 5.91 Å². The number of halogens is 1. The van der Waals surface area contributed by atoms with Crippen LogP contribution in [0, 0.1) is 5.82 Å². The Morgan fingerprint density at radius 1 is 1.14 bits per heavy atom. The molecule has 3 aromatic rings. The van der Waals surface area contributed by atoms with Gasteiger partial charge in [0.05, 0.1) is 10.9 Å². The smallest absolute Gasteiger partial charge is 0.221 e. The maximum Gasteiger partial charge on any atom is 0.221 e. The lowest BCUT2D eigenvalue weighted by Crippen LogP contribution is -2.08. The number of carbonyl (C=O) groups is 1. The molecule has 1 heterocycles. The van der Waals surface area contributed by atoms with Gasteiger partial charge in [-0.15, -0.1) is 0 Å². The van der Waals surface area contributed by atoms with Gasteiger partial charge in [-0.2, -0.15) is 0 Å². The van der Waals surface area contributed by atoms with Crippen LogP contribution in [0.2, 0.25) is 0 Å². The highest BCUT2D eigenvalue weighted by molar-refractivity contribution is 5.92. The van der Waals surface area contributed by atoms with Crippen LogP contribution in [0.25, 0.3) is 22.1 Å². The first-order chi connectivity index (χ1) is 10.5. The Kier molecular flexibility index (Phi) is 3.47. The van der Waals surface area contributed by atoms with Gasteiger partial charge < -0.3 is 9.73 Å². The van der Waals surface area contributed by atoms with Gasteiger partial charge >= 0.3 is 0 Å². The standard InChI is InChI=1S/C17H12FNO3/c1-10(20)19-13-6-7-16-14(8-13)17(21)15(9-22-16)11-2-4-12(18)5-3-11/h2-9H,1H3,(H,19,20). The van der Waals surface area contributed by atoms with Gasteiger partial charge in [0.2, 0.25) is 11.3 Å². The zero-order valence-electron chi connectivity index (χ0n) is 11.7. The van der Waals surface area contributed by atoms with Gasteiger partial charge in [-0.1, -0.05) is 12.1 Å². The van der Waals surface area contributed by atoms with Gasteiger partial charge in [0.25, 0.3) is 0 Å². The van der Waals surface area contributed by atoms with E-state index in [0.717, 1.165) is 0 Å². The highest BCUT2D eigenvalue weighted by Gasteiger charge is 2.10. The van der Waals surface area contributed by atoms with Crippen LogP contribution >= 0.6 is 0 Å². The third-order valence-corrected chi connectivity index (χ3v) is 3.25. The predicted molar refractivity (Wildman–Crippen MR) is 82.2 cm³/mol. The Balaban J connectivity index is 2.17. The van der Waals surface area contributed by atoms with Crippen LogP contribution in [0.5, 0.6) is 0 Å². The Hall–Kier alpha value is -2.95. The summed E-state index contributed by atoms with van der Waals surface area (Å²) in [4.78, 5) is 23.7. The van der Waals surface area contributed by atoms with Gasteiger partial charge in [0.1, 0.15) is 17.7 Å². The highest BCUT2D eigenvalue weighted by atomic mass is 19.1. The molecular formula is C17H12FNO3. The molecular weight excluding hydrogens is 285 g/mol. The van der Waals surface area contributed by atoms with E-state index in [-0.39, 0.29) is 17.2 Å². The molecule has 0 saturated heterocycles. The van der Waals surface area contributed by atoms with Crippen molar-refractivity contribution in [2.24, 2.45) is 0 Å². The number of rotatable bonds is 2. The number of fused-ring (bicyclic) bond motifs is 1. The van der Waals surface area contributed by atoms with Crippen LogP contribution in [0.15, 0.2) is 57.9 Å². The van der Waals surface area contributed by atoms with Gasteiger partial charge in [-0.3, -0.25) is 9.59 Å². The minimum atomic E-state index is -0.373. The van der Waals surface area contributed by atoms with E-state index < -0.39 is 0 Å². The van der Waals surface area contributed by atoms with E-state index in [1.165, 1.54) is 37.5 Å². The number of amides is 1.